The second-order valence-electron chi connectivity index (χ2n) is 8.16. The molecule has 1 N–H and O–H groups in total. The first-order chi connectivity index (χ1) is 17.1. The van der Waals surface area contributed by atoms with E-state index in [0.29, 0.717) is 33.9 Å². The fourth-order valence-corrected chi connectivity index (χ4v) is 4.85. The fourth-order valence-electron chi connectivity index (χ4n) is 3.31. The number of halogens is 6. The highest BCUT2D eigenvalue weighted by molar-refractivity contribution is 7.92. The average Bonchev–Trinajstić information content (AvgIpc) is 2.79. The highest BCUT2D eigenvalue weighted by Crippen LogP contribution is 2.37. The second-order valence-corrected chi connectivity index (χ2v) is 11.3. The molecule has 204 valence electrons. The fraction of sp³-hybridized carbons (Fsp3) is 0.391. The second kappa shape index (κ2) is 12.6. The number of benzene rings is 2. The lowest BCUT2D eigenvalue weighted by Crippen LogP contribution is -2.51. The molecule has 0 aliphatic heterocycles. The van der Waals surface area contributed by atoms with Crippen molar-refractivity contribution in [1.29, 1.82) is 0 Å². The number of hydrogen-bond donors (Lipinski definition) is 1. The van der Waals surface area contributed by atoms with E-state index in [0.717, 1.165) is 23.3 Å². The van der Waals surface area contributed by atoms with Gasteiger partial charge in [-0.15, -0.1) is 0 Å². The molecule has 37 heavy (non-hydrogen) atoms. The number of anilines is 1. The lowest BCUT2D eigenvalue weighted by molar-refractivity contribution is -0.139. The van der Waals surface area contributed by atoms with Crippen molar-refractivity contribution in [2.75, 3.05) is 23.7 Å². The molecule has 2 aromatic rings. The summed E-state index contributed by atoms with van der Waals surface area (Å²) in [6.45, 7) is 2.55. The Labute approximate surface area is 228 Å². The first-order valence-electron chi connectivity index (χ1n) is 10.9. The number of alkyl halides is 3. The van der Waals surface area contributed by atoms with Gasteiger partial charge in [0.2, 0.25) is 21.8 Å². The average molecular weight is 603 g/mol. The zero-order valence-electron chi connectivity index (χ0n) is 20.1. The van der Waals surface area contributed by atoms with E-state index in [1.54, 1.807) is 6.07 Å². The van der Waals surface area contributed by atoms with Crippen LogP contribution in [0.2, 0.25) is 15.1 Å². The Morgan fingerprint density at radius 3 is 2.24 bits per heavy atom. The molecule has 14 heteroatoms. The quantitative estimate of drug-likeness (QED) is 0.396. The molecule has 0 saturated heterocycles. The Kier molecular flexibility index (Phi) is 10.5. The number of sulfonamides is 1. The Bertz CT molecular complexity index is 1260. The molecule has 0 aliphatic carbocycles. The molecule has 0 heterocycles. The Morgan fingerprint density at radius 2 is 1.70 bits per heavy atom. The van der Waals surface area contributed by atoms with Crippen LogP contribution in [0.5, 0.6) is 0 Å². The van der Waals surface area contributed by atoms with Gasteiger partial charge in [0.15, 0.2) is 0 Å². The van der Waals surface area contributed by atoms with E-state index in [1.807, 2.05) is 6.92 Å². The Balaban J connectivity index is 2.49. The minimum atomic E-state index is -4.86. The van der Waals surface area contributed by atoms with Crippen LogP contribution in [0.25, 0.3) is 0 Å². The maximum absolute atomic E-state index is 13.4. The summed E-state index contributed by atoms with van der Waals surface area (Å²) in [7, 11) is -4.24. The predicted molar refractivity (Wildman–Crippen MR) is 138 cm³/mol. The van der Waals surface area contributed by atoms with Gasteiger partial charge in [0, 0.05) is 23.1 Å². The molecule has 7 nitrogen and oxygen atoms in total. The van der Waals surface area contributed by atoms with Gasteiger partial charge in [-0.3, -0.25) is 13.9 Å². The van der Waals surface area contributed by atoms with Crippen molar-refractivity contribution >= 4 is 62.3 Å². The van der Waals surface area contributed by atoms with E-state index in [1.165, 1.54) is 19.1 Å². The molecule has 2 rings (SSSR count). The van der Waals surface area contributed by atoms with Gasteiger partial charge in [0.05, 0.1) is 22.5 Å². The van der Waals surface area contributed by atoms with E-state index < -0.39 is 56.9 Å². The number of amides is 2. The molecule has 0 aliphatic rings. The van der Waals surface area contributed by atoms with Crippen LogP contribution in [-0.4, -0.2) is 50.5 Å². The van der Waals surface area contributed by atoms with Crippen LogP contribution in [0.4, 0.5) is 18.9 Å². The maximum Gasteiger partial charge on any atom is 0.417 e. The molecular formula is C23H25Cl3F3N3O4S. The van der Waals surface area contributed by atoms with Crippen molar-refractivity contribution in [2.45, 2.75) is 39.0 Å². The molecule has 1 atom stereocenters. The monoisotopic (exact) mass is 601 g/mol. The van der Waals surface area contributed by atoms with Crippen LogP contribution in [0.15, 0.2) is 36.4 Å². The summed E-state index contributed by atoms with van der Waals surface area (Å²) in [5, 5.41) is 2.58. The van der Waals surface area contributed by atoms with Gasteiger partial charge in [-0.25, -0.2) is 8.42 Å². The van der Waals surface area contributed by atoms with Crippen LogP contribution in [0.3, 0.4) is 0 Å². The van der Waals surface area contributed by atoms with Gasteiger partial charge >= 0.3 is 6.18 Å². The van der Waals surface area contributed by atoms with Crippen molar-refractivity contribution in [3.05, 3.63) is 62.6 Å². The minimum absolute atomic E-state index is 0.193. The number of nitrogens with zero attached hydrogens (tertiary/aromatic N) is 2. The van der Waals surface area contributed by atoms with E-state index in [2.05, 4.69) is 5.32 Å². The molecule has 2 amide bonds. The standard InChI is InChI=1S/C23H25Cl3F3N3O4S/c1-4-9-30-22(34)14(2)31(12-15-5-6-16(24)10-20(15)26)21(33)13-32(37(3,35)36)17-7-8-19(25)18(11-17)23(27,28)29/h5-8,10-11,14H,4,9,12-13H2,1-3H3,(H,30,34)/t14-/m1/s1. The van der Waals surface area contributed by atoms with E-state index in [4.69, 9.17) is 34.8 Å². The number of rotatable bonds is 10. The summed E-state index contributed by atoms with van der Waals surface area (Å²) in [6, 6.07) is 5.96. The third-order valence-electron chi connectivity index (χ3n) is 5.29. The normalized spacial score (nSPS) is 12.7. The summed E-state index contributed by atoms with van der Waals surface area (Å²) in [6.07, 6.45) is -3.47. The third-order valence-corrected chi connectivity index (χ3v) is 7.35. The van der Waals surface area contributed by atoms with E-state index in [9.17, 15) is 31.2 Å². The first kappa shape index (κ1) is 31.0. The minimum Gasteiger partial charge on any atom is -0.354 e. The summed E-state index contributed by atoms with van der Waals surface area (Å²) >= 11 is 17.8. The summed E-state index contributed by atoms with van der Waals surface area (Å²) in [5.74, 6) is -1.35. The number of carbonyl (C=O) groups is 2. The van der Waals surface area contributed by atoms with Crippen LogP contribution < -0.4 is 9.62 Å². The Hall–Kier alpha value is -2.21. The van der Waals surface area contributed by atoms with E-state index >= 15 is 0 Å². The van der Waals surface area contributed by atoms with Crippen molar-refractivity contribution in [3.63, 3.8) is 0 Å². The topological polar surface area (TPSA) is 86.8 Å². The van der Waals surface area contributed by atoms with Crippen molar-refractivity contribution < 1.29 is 31.2 Å². The molecule has 0 fully saturated rings. The lowest BCUT2D eigenvalue weighted by Gasteiger charge is -2.32. The number of nitrogens with one attached hydrogen (secondary N) is 1. The van der Waals surface area contributed by atoms with Crippen LogP contribution in [0, 0.1) is 0 Å². The van der Waals surface area contributed by atoms with Gasteiger partial charge in [-0.2, -0.15) is 13.2 Å². The molecule has 0 unspecified atom stereocenters. The van der Waals surface area contributed by atoms with Crippen molar-refractivity contribution in [2.24, 2.45) is 0 Å². The smallest absolute Gasteiger partial charge is 0.354 e. The molecule has 0 aromatic heterocycles. The molecule has 0 bridgehead atoms. The van der Waals surface area contributed by atoms with Gasteiger partial charge in [-0.05, 0) is 49.2 Å². The molecule has 0 saturated carbocycles. The predicted octanol–water partition coefficient (Wildman–Crippen LogP) is 5.38. The summed E-state index contributed by atoms with van der Waals surface area (Å²) in [5.41, 5.74) is -1.25. The first-order valence-corrected chi connectivity index (χ1v) is 13.9. The van der Waals surface area contributed by atoms with Gasteiger partial charge < -0.3 is 10.2 Å². The number of carbonyl (C=O) groups excluding carboxylic acids is 2. The molecule has 0 spiro atoms. The SMILES string of the molecule is CCCNC(=O)[C@@H](C)N(Cc1ccc(Cl)cc1Cl)C(=O)CN(c1ccc(Cl)c(C(F)(F)F)c1)S(C)(=O)=O. The van der Waals surface area contributed by atoms with Crippen LogP contribution in [-0.2, 0) is 32.3 Å². The van der Waals surface area contributed by atoms with Crippen LogP contribution >= 0.6 is 34.8 Å². The summed E-state index contributed by atoms with van der Waals surface area (Å²) < 4.78 is 65.8. The largest absolute Gasteiger partial charge is 0.417 e. The lowest BCUT2D eigenvalue weighted by atomic mass is 10.1. The summed E-state index contributed by atoms with van der Waals surface area (Å²) in [4.78, 5) is 27.2. The van der Waals surface area contributed by atoms with E-state index in [-0.39, 0.29) is 11.6 Å². The Morgan fingerprint density at radius 1 is 1.05 bits per heavy atom. The number of hydrogen-bond acceptors (Lipinski definition) is 4. The van der Waals surface area contributed by atoms with Crippen molar-refractivity contribution in [1.82, 2.24) is 10.2 Å². The molecule has 2 aromatic carbocycles. The molecule has 0 radical (unpaired) electrons. The zero-order chi connectivity index (χ0) is 28.1. The highest BCUT2D eigenvalue weighted by atomic mass is 35.5. The third kappa shape index (κ3) is 8.39. The maximum atomic E-state index is 13.4. The highest BCUT2D eigenvalue weighted by Gasteiger charge is 2.35. The van der Waals surface area contributed by atoms with Gasteiger partial charge in [0.1, 0.15) is 12.6 Å². The van der Waals surface area contributed by atoms with Crippen molar-refractivity contribution in [3.8, 4) is 0 Å². The van der Waals surface area contributed by atoms with Crippen LogP contribution in [0.1, 0.15) is 31.4 Å². The van der Waals surface area contributed by atoms with Gasteiger partial charge in [-0.1, -0.05) is 47.8 Å². The van der Waals surface area contributed by atoms with Gasteiger partial charge in [0.25, 0.3) is 0 Å². The molecular weight excluding hydrogens is 578 g/mol. The zero-order valence-corrected chi connectivity index (χ0v) is 23.2.